The second-order valence-electron chi connectivity index (χ2n) is 6.13. The van der Waals surface area contributed by atoms with E-state index in [-0.39, 0.29) is 13.1 Å². The van der Waals surface area contributed by atoms with Crippen LogP contribution in [0.5, 0.6) is 0 Å². The molecule has 0 radical (unpaired) electrons. The Hall–Kier alpha value is -1.36. The summed E-state index contributed by atoms with van der Waals surface area (Å²) in [7, 11) is -1.82. The summed E-state index contributed by atoms with van der Waals surface area (Å²) >= 11 is 0. The first-order chi connectivity index (χ1) is 13.0. The van der Waals surface area contributed by atoms with Crippen LogP contribution < -0.4 is 11.2 Å². The van der Waals surface area contributed by atoms with Crippen molar-refractivity contribution in [2.24, 2.45) is 0 Å². The Labute approximate surface area is 161 Å². The fourth-order valence-electron chi connectivity index (χ4n) is 2.67. The molecule has 12 nitrogen and oxygen atoms in total. The zero-order chi connectivity index (χ0) is 21.1. The number of H-pyrrole nitrogens is 1. The molecule has 4 atom stereocenters. The lowest BCUT2D eigenvalue weighted by atomic mass is 10.3. The third kappa shape index (κ3) is 5.16. The van der Waals surface area contributed by atoms with Crippen molar-refractivity contribution in [3.63, 3.8) is 0 Å². The molecule has 0 amide bonds. The van der Waals surface area contributed by atoms with Gasteiger partial charge in [0.05, 0.1) is 12.6 Å². The first kappa shape index (κ1) is 22.9. The minimum Gasteiger partial charge on any atom is -0.348 e. The molecule has 158 valence electrons. The fraction of sp³-hybridized carbons (Fsp3) is 0.571. The fourth-order valence-corrected chi connectivity index (χ4v) is 4.98. The van der Waals surface area contributed by atoms with E-state index in [2.05, 4.69) is 9.51 Å². The molecule has 0 aliphatic carbocycles. The molecule has 0 bridgehead atoms. The summed E-state index contributed by atoms with van der Waals surface area (Å²) in [5.41, 5.74) is -1.27. The van der Waals surface area contributed by atoms with E-state index in [4.69, 9.17) is 9.26 Å². The van der Waals surface area contributed by atoms with Gasteiger partial charge in [-0.05, 0) is 20.2 Å². The number of nitrogens with one attached hydrogen (secondary N) is 1. The first-order valence-electron chi connectivity index (χ1n) is 8.16. The van der Waals surface area contributed by atoms with Crippen molar-refractivity contribution in [3.8, 4) is 0 Å². The number of nitrogens with zero attached hydrogens (tertiary/aromatic N) is 3. The Morgan fingerprint density at radius 3 is 2.50 bits per heavy atom. The number of aromatic amines is 1. The average molecular weight is 438 g/mol. The van der Waals surface area contributed by atoms with Crippen molar-refractivity contribution in [2.75, 3.05) is 41.4 Å². The number of morpholine rings is 1. The molecule has 28 heavy (non-hydrogen) atoms. The van der Waals surface area contributed by atoms with E-state index in [0.29, 0.717) is 0 Å². The standard InChI is InChI=1S/C14H24N4O8P2/c1-16(2)28(23,25-4)17-9-11(6-8-27(21,22)24-3)26-13(10-17)18-7-5-12(19)15-14(18)20/h5-8,11,13H,9-10H2,1-4H3,(H,21,22)(H,15,19,20)/b8-6+/t11-,13-,28?/m1/s1. The third-order valence-corrected chi connectivity index (χ3v) is 7.70. The first-order valence-corrected chi connectivity index (χ1v) is 11.3. The Balaban J connectivity index is 2.43. The summed E-state index contributed by atoms with van der Waals surface area (Å²) in [4.78, 5) is 35.2. The van der Waals surface area contributed by atoms with Crippen LogP contribution in [-0.4, -0.2) is 71.3 Å². The van der Waals surface area contributed by atoms with Crippen molar-refractivity contribution in [2.45, 2.75) is 12.3 Å². The van der Waals surface area contributed by atoms with Gasteiger partial charge in [0.25, 0.3) is 5.56 Å². The second kappa shape index (κ2) is 8.98. The summed E-state index contributed by atoms with van der Waals surface area (Å²) in [5.74, 6) is 0.960. The molecule has 2 heterocycles. The van der Waals surface area contributed by atoms with Gasteiger partial charge in [0.1, 0.15) is 0 Å². The average Bonchev–Trinajstić information content (AvgIpc) is 2.65. The molecule has 2 rings (SSSR count). The zero-order valence-electron chi connectivity index (χ0n) is 15.9. The van der Waals surface area contributed by atoms with Gasteiger partial charge in [0, 0.05) is 38.8 Å². The Morgan fingerprint density at radius 1 is 1.29 bits per heavy atom. The molecule has 0 saturated carbocycles. The van der Waals surface area contributed by atoms with E-state index in [9.17, 15) is 23.6 Å². The van der Waals surface area contributed by atoms with Crippen LogP contribution >= 0.6 is 15.3 Å². The predicted molar refractivity (Wildman–Crippen MR) is 101 cm³/mol. The SMILES string of the molecule is COP(=O)(O)/C=C/[C@@H]1CN(P(=O)(OC)N(C)C)C[C@H](n2ccc(=O)[nH]c2=O)O1. The van der Waals surface area contributed by atoms with Gasteiger partial charge in [-0.3, -0.25) is 23.5 Å². The van der Waals surface area contributed by atoms with Gasteiger partial charge < -0.3 is 18.7 Å². The van der Waals surface area contributed by atoms with Crippen LogP contribution in [0.25, 0.3) is 0 Å². The summed E-state index contributed by atoms with van der Waals surface area (Å²) < 4.78 is 44.5. The topological polar surface area (TPSA) is 143 Å². The summed E-state index contributed by atoms with van der Waals surface area (Å²) in [5, 5.41) is 0. The van der Waals surface area contributed by atoms with E-state index in [0.717, 1.165) is 23.6 Å². The quantitative estimate of drug-likeness (QED) is 0.574. The van der Waals surface area contributed by atoms with Crippen LogP contribution in [0.15, 0.2) is 33.7 Å². The monoisotopic (exact) mass is 438 g/mol. The van der Waals surface area contributed by atoms with Crippen molar-refractivity contribution in [1.29, 1.82) is 0 Å². The Morgan fingerprint density at radius 2 is 1.96 bits per heavy atom. The largest absolute Gasteiger partial charge is 0.351 e. The van der Waals surface area contributed by atoms with Crippen LogP contribution in [0, 0.1) is 0 Å². The van der Waals surface area contributed by atoms with E-state index in [1.54, 1.807) is 14.1 Å². The van der Waals surface area contributed by atoms with Crippen LogP contribution in [-0.2, 0) is 22.9 Å². The summed E-state index contributed by atoms with van der Waals surface area (Å²) in [6.07, 6.45) is 0.819. The number of hydrogen-bond donors (Lipinski definition) is 2. The van der Waals surface area contributed by atoms with Gasteiger partial charge in [-0.1, -0.05) is 0 Å². The number of rotatable bonds is 7. The number of hydrogen-bond acceptors (Lipinski definition) is 7. The van der Waals surface area contributed by atoms with Gasteiger partial charge in [-0.15, -0.1) is 0 Å². The molecule has 2 N–H and O–H groups in total. The maximum atomic E-state index is 13.2. The van der Waals surface area contributed by atoms with Gasteiger partial charge in [-0.25, -0.2) is 14.1 Å². The summed E-state index contributed by atoms with van der Waals surface area (Å²) in [6, 6.07) is 1.16. The minimum atomic E-state index is -3.94. The van der Waals surface area contributed by atoms with Crippen molar-refractivity contribution in [1.82, 2.24) is 18.9 Å². The molecule has 2 unspecified atom stereocenters. The number of ether oxygens (including phenoxy) is 1. The van der Waals surface area contributed by atoms with Crippen molar-refractivity contribution in [3.05, 3.63) is 45.0 Å². The van der Waals surface area contributed by atoms with Gasteiger partial charge in [0.2, 0.25) is 0 Å². The number of aromatic nitrogens is 2. The highest BCUT2D eigenvalue weighted by atomic mass is 31.2. The lowest BCUT2D eigenvalue weighted by Gasteiger charge is -2.41. The van der Waals surface area contributed by atoms with Crippen LogP contribution in [0.1, 0.15) is 6.23 Å². The highest BCUT2D eigenvalue weighted by Gasteiger charge is 2.41. The maximum absolute atomic E-state index is 13.2. The Bertz CT molecular complexity index is 926. The molecule has 1 aliphatic heterocycles. The van der Waals surface area contributed by atoms with Crippen LogP contribution in [0.4, 0.5) is 0 Å². The molecule has 0 spiro atoms. The molecule has 1 saturated heterocycles. The molecular weight excluding hydrogens is 414 g/mol. The van der Waals surface area contributed by atoms with Crippen LogP contribution in [0.3, 0.4) is 0 Å². The van der Waals surface area contributed by atoms with E-state index in [1.165, 1.54) is 28.7 Å². The van der Waals surface area contributed by atoms with Crippen LogP contribution in [0.2, 0.25) is 0 Å². The maximum Gasteiger partial charge on any atom is 0.351 e. The highest BCUT2D eigenvalue weighted by molar-refractivity contribution is 7.56. The summed E-state index contributed by atoms with van der Waals surface area (Å²) in [6.45, 7) is 0.0821. The molecule has 1 aliphatic rings. The molecule has 0 aromatic carbocycles. The Kier molecular flexibility index (Phi) is 7.35. The molecule has 1 fully saturated rings. The minimum absolute atomic E-state index is 0.0145. The van der Waals surface area contributed by atoms with Gasteiger partial charge in [0.15, 0.2) is 6.23 Å². The van der Waals surface area contributed by atoms with E-state index >= 15 is 0 Å². The molecule has 14 heteroatoms. The van der Waals surface area contributed by atoms with Gasteiger partial charge in [-0.2, -0.15) is 0 Å². The lowest BCUT2D eigenvalue weighted by Crippen LogP contribution is -2.47. The van der Waals surface area contributed by atoms with E-state index in [1.807, 2.05) is 0 Å². The third-order valence-electron chi connectivity index (χ3n) is 4.10. The normalized spacial score (nSPS) is 25.6. The lowest BCUT2D eigenvalue weighted by molar-refractivity contribution is -0.0869. The smallest absolute Gasteiger partial charge is 0.348 e. The molecule has 1 aromatic heterocycles. The zero-order valence-corrected chi connectivity index (χ0v) is 17.7. The van der Waals surface area contributed by atoms with Crippen molar-refractivity contribution < 1.29 is 27.8 Å². The highest BCUT2D eigenvalue weighted by Crippen LogP contribution is 2.53. The van der Waals surface area contributed by atoms with Gasteiger partial charge >= 0.3 is 21.0 Å². The molecular formula is C14H24N4O8P2. The van der Waals surface area contributed by atoms with Crippen molar-refractivity contribution >= 4 is 15.3 Å². The second-order valence-corrected chi connectivity index (χ2v) is 10.6. The predicted octanol–water partition coefficient (Wildman–Crippen LogP) is 0.398. The van der Waals surface area contributed by atoms with E-state index < -0.39 is 38.8 Å². The molecule has 1 aromatic rings.